The van der Waals surface area contributed by atoms with Gasteiger partial charge in [0.15, 0.2) is 0 Å². The Hall–Kier alpha value is -1.56. The SMILES string of the molecule is Oc1ccc(Br)cc1[C@H]1CC(c2ccc(Cl)cc2)=N[C@@H](c2ccc(Cl)cc2Cl)N1. The van der Waals surface area contributed by atoms with Crippen LogP contribution in [-0.4, -0.2) is 10.8 Å². The molecule has 0 radical (unpaired) electrons. The lowest BCUT2D eigenvalue weighted by Crippen LogP contribution is -2.33. The van der Waals surface area contributed by atoms with Crippen molar-refractivity contribution in [3.8, 4) is 5.75 Å². The van der Waals surface area contributed by atoms with Crippen LogP contribution in [0.3, 0.4) is 0 Å². The maximum absolute atomic E-state index is 10.5. The molecular formula is C22H16BrCl3N2O. The number of phenols is 1. The number of phenolic OH excluding ortho intramolecular Hbond substituents is 1. The zero-order valence-electron chi connectivity index (χ0n) is 15.0. The van der Waals surface area contributed by atoms with E-state index in [1.54, 1.807) is 18.2 Å². The highest BCUT2D eigenvalue weighted by Crippen LogP contribution is 2.37. The summed E-state index contributed by atoms with van der Waals surface area (Å²) in [5.41, 5.74) is 3.49. The molecule has 3 aromatic rings. The summed E-state index contributed by atoms with van der Waals surface area (Å²) in [6.07, 6.45) is 0.218. The van der Waals surface area contributed by atoms with E-state index in [2.05, 4.69) is 21.2 Å². The van der Waals surface area contributed by atoms with E-state index in [0.717, 1.165) is 26.9 Å². The van der Waals surface area contributed by atoms with Crippen molar-refractivity contribution < 1.29 is 5.11 Å². The quantitative estimate of drug-likeness (QED) is 0.387. The zero-order valence-corrected chi connectivity index (χ0v) is 18.9. The van der Waals surface area contributed by atoms with Gasteiger partial charge >= 0.3 is 0 Å². The van der Waals surface area contributed by atoms with E-state index in [0.29, 0.717) is 21.5 Å². The van der Waals surface area contributed by atoms with Crippen molar-refractivity contribution in [3.63, 3.8) is 0 Å². The van der Waals surface area contributed by atoms with Crippen molar-refractivity contribution in [1.29, 1.82) is 0 Å². The summed E-state index contributed by atoms with van der Waals surface area (Å²) in [4.78, 5) is 4.91. The second kappa shape index (κ2) is 8.66. The molecule has 0 bridgehead atoms. The van der Waals surface area contributed by atoms with Crippen molar-refractivity contribution in [2.24, 2.45) is 4.99 Å². The molecule has 0 amide bonds. The van der Waals surface area contributed by atoms with Crippen LogP contribution in [0.25, 0.3) is 0 Å². The summed E-state index contributed by atoms with van der Waals surface area (Å²) < 4.78 is 0.892. The molecule has 4 rings (SSSR count). The first kappa shape index (κ1) is 20.7. The molecule has 2 N–H and O–H groups in total. The Labute approximate surface area is 192 Å². The molecule has 2 atom stereocenters. The Bertz CT molecular complexity index is 1090. The molecule has 7 heteroatoms. The molecular weight excluding hydrogens is 495 g/mol. The van der Waals surface area contributed by atoms with Gasteiger partial charge in [-0.3, -0.25) is 10.3 Å². The van der Waals surface area contributed by atoms with Gasteiger partial charge < -0.3 is 5.11 Å². The largest absolute Gasteiger partial charge is 0.508 e. The van der Waals surface area contributed by atoms with Crippen LogP contribution in [0.5, 0.6) is 5.75 Å². The summed E-state index contributed by atoms with van der Waals surface area (Å²) in [6, 6.07) is 18.2. The fraction of sp³-hybridized carbons (Fsp3) is 0.136. The average molecular weight is 511 g/mol. The van der Waals surface area contributed by atoms with Gasteiger partial charge in [-0.15, -0.1) is 0 Å². The van der Waals surface area contributed by atoms with Crippen LogP contribution in [0.15, 0.2) is 70.1 Å². The van der Waals surface area contributed by atoms with Crippen LogP contribution < -0.4 is 5.32 Å². The minimum atomic E-state index is -0.387. The van der Waals surface area contributed by atoms with Crippen LogP contribution in [0.2, 0.25) is 15.1 Å². The van der Waals surface area contributed by atoms with Crippen LogP contribution in [-0.2, 0) is 0 Å². The molecule has 0 saturated carbocycles. The first-order chi connectivity index (χ1) is 13.9. The Morgan fingerprint density at radius 3 is 2.34 bits per heavy atom. The number of hydrogen-bond acceptors (Lipinski definition) is 3. The van der Waals surface area contributed by atoms with Crippen molar-refractivity contribution in [2.45, 2.75) is 18.6 Å². The predicted molar refractivity (Wildman–Crippen MR) is 123 cm³/mol. The summed E-state index contributed by atoms with van der Waals surface area (Å²) in [5.74, 6) is 0.226. The summed E-state index contributed by atoms with van der Waals surface area (Å²) >= 11 is 22.1. The number of benzene rings is 3. The molecule has 0 aliphatic carbocycles. The predicted octanol–water partition coefficient (Wildman–Crippen LogP) is 7.34. The second-order valence-corrected chi connectivity index (χ2v) is 8.97. The van der Waals surface area contributed by atoms with E-state index < -0.39 is 0 Å². The van der Waals surface area contributed by atoms with Crippen LogP contribution in [0.1, 0.15) is 35.3 Å². The van der Waals surface area contributed by atoms with Gasteiger partial charge in [-0.1, -0.05) is 68.9 Å². The van der Waals surface area contributed by atoms with Gasteiger partial charge in [-0.05, 0) is 48.0 Å². The van der Waals surface area contributed by atoms with E-state index in [9.17, 15) is 5.11 Å². The first-order valence-corrected chi connectivity index (χ1v) is 10.9. The number of halogens is 4. The van der Waals surface area contributed by atoms with Crippen LogP contribution in [0, 0.1) is 0 Å². The molecule has 3 aromatic carbocycles. The highest BCUT2D eigenvalue weighted by molar-refractivity contribution is 9.10. The van der Waals surface area contributed by atoms with Gasteiger partial charge in [0.05, 0.1) is 0 Å². The average Bonchev–Trinajstić information content (AvgIpc) is 2.70. The number of nitrogens with zero attached hydrogens (tertiary/aromatic N) is 1. The van der Waals surface area contributed by atoms with Gasteiger partial charge in [0, 0.05) is 48.8 Å². The molecule has 0 aromatic heterocycles. The number of hydrogen-bond donors (Lipinski definition) is 2. The molecule has 1 aliphatic heterocycles. The standard InChI is InChI=1S/C22H16BrCl3N2O/c23-13-3-8-21(29)17(9-13)20-11-19(12-1-4-14(24)5-2-12)27-22(28-20)16-7-6-15(25)10-18(16)26/h1-10,20,22,28-29H,11H2/t20-,22-/m1/s1. The van der Waals surface area contributed by atoms with E-state index in [1.807, 2.05) is 42.5 Å². The molecule has 1 heterocycles. The third-order valence-corrected chi connectivity index (χ3v) is 6.15. The smallest absolute Gasteiger partial charge is 0.127 e. The van der Waals surface area contributed by atoms with Gasteiger partial charge in [0.1, 0.15) is 11.9 Å². The van der Waals surface area contributed by atoms with E-state index in [-0.39, 0.29) is 18.0 Å². The van der Waals surface area contributed by atoms with E-state index in [1.165, 1.54) is 0 Å². The summed E-state index contributed by atoms with van der Waals surface area (Å²) in [5, 5.41) is 15.7. The van der Waals surface area contributed by atoms with Gasteiger partial charge in [-0.2, -0.15) is 0 Å². The Kier molecular flexibility index (Phi) is 6.19. The fourth-order valence-corrected chi connectivity index (χ4v) is 4.43. The molecule has 3 nitrogen and oxygen atoms in total. The lowest BCUT2D eigenvalue weighted by atomic mass is 9.93. The molecule has 0 saturated heterocycles. The van der Waals surface area contributed by atoms with Gasteiger partial charge in [-0.25, -0.2) is 0 Å². The summed E-state index contributed by atoms with van der Waals surface area (Å²) in [7, 11) is 0. The maximum atomic E-state index is 10.5. The van der Waals surface area contributed by atoms with Crippen molar-refractivity contribution >= 4 is 56.4 Å². The van der Waals surface area contributed by atoms with Crippen molar-refractivity contribution in [1.82, 2.24) is 5.32 Å². The molecule has 0 fully saturated rings. The summed E-state index contributed by atoms with van der Waals surface area (Å²) in [6.45, 7) is 0. The topological polar surface area (TPSA) is 44.6 Å². The number of aliphatic imine (C=N–C) groups is 1. The Morgan fingerprint density at radius 1 is 0.897 bits per heavy atom. The van der Waals surface area contributed by atoms with Crippen LogP contribution >= 0.6 is 50.7 Å². The van der Waals surface area contributed by atoms with Gasteiger partial charge in [0.2, 0.25) is 0 Å². The Balaban J connectivity index is 1.79. The second-order valence-electron chi connectivity index (χ2n) is 6.78. The molecule has 0 unspecified atom stereocenters. The molecule has 0 spiro atoms. The van der Waals surface area contributed by atoms with Gasteiger partial charge in [0.25, 0.3) is 0 Å². The van der Waals surface area contributed by atoms with Crippen LogP contribution in [0.4, 0.5) is 0 Å². The van der Waals surface area contributed by atoms with E-state index >= 15 is 0 Å². The van der Waals surface area contributed by atoms with E-state index in [4.69, 9.17) is 39.8 Å². The molecule has 148 valence electrons. The normalized spacial score (nSPS) is 19.1. The van der Waals surface area contributed by atoms with Crippen molar-refractivity contribution in [3.05, 3.63) is 96.9 Å². The highest BCUT2D eigenvalue weighted by atomic mass is 79.9. The zero-order chi connectivity index (χ0) is 20.5. The molecule has 1 aliphatic rings. The minimum Gasteiger partial charge on any atom is -0.508 e. The monoisotopic (exact) mass is 508 g/mol. The number of aromatic hydroxyl groups is 1. The third kappa shape index (κ3) is 4.62. The minimum absolute atomic E-state index is 0.160. The first-order valence-electron chi connectivity index (χ1n) is 8.93. The highest BCUT2D eigenvalue weighted by Gasteiger charge is 2.28. The molecule has 29 heavy (non-hydrogen) atoms. The number of rotatable bonds is 3. The number of nitrogens with one attached hydrogen (secondary N) is 1. The maximum Gasteiger partial charge on any atom is 0.127 e. The van der Waals surface area contributed by atoms with Crippen molar-refractivity contribution in [2.75, 3.05) is 0 Å². The third-order valence-electron chi connectivity index (χ3n) is 4.84. The Morgan fingerprint density at radius 2 is 1.62 bits per heavy atom. The fourth-order valence-electron chi connectivity index (χ4n) is 3.41. The lowest BCUT2D eigenvalue weighted by Gasteiger charge is -2.31. The lowest BCUT2D eigenvalue weighted by molar-refractivity contribution is 0.412.